The Morgan fingerprint density at radius 3 is 2.32 bits per heavy atom. The van der Waals surface area contributed by atoms with E-state index in [-0.39, 0.29) is 23.8 Å². The molecule has 146 valence electrons. The first-order chi connectivity index (χ1) is 13.5. The molecular weight excluding hydrogens is 384 g/mol. The van der Waals surface area contributed by atoms with Crippen LogP contribution in [0.5, 0.6) is 0 Å². The van der Waals surface area contributed by atoms with Crippen molar-refractivity contribution < 1.29 is 24.0 Å². The lowest BCUT2D eigenvalue weighted by molar-refractivity contribution is -0.132. The Balaban J connectivity index is 2.15. The van der Waals surface area contributed by atoms with E-state index in [1.54, 1.807) is 55.5 Å². The summed E-state index contributed by atoms with van der Waals surface area (Å²) in [6.45, 7) is 1.57. The number of esters is 1. The highest BCUT2D eigenvalue weighted by molar-refractivity contribution is 6.45. The van der Waals surface area contributed by atoms with E-state index in [1.165, 1.54) is 14.2 Å². The fourth-order valence-corrected chi connectivity index (χ4v) is 2.44. The maximum atomic E-state index is 12.3. The van der Waals surface area contributed by atoms with E-state index in [9.17, 15) is 9.59 Å². The lowest BCUT2D eigenvalue weighted by Crippen LogP contribution is -2.19. The molecule has 0 spiro atoms. The monoisotopic (exact) mass is 402 g/mol. The Kier molecular flexibility index (Phi) is 7.71. The van der Waals surface area contributed by atoms with Gasteiger partial charge < -0.3 is 14.4 Å². The third kappa shape index (κ3) is 5.40. The summed E-state index contributed by atoms with van der Waals surface area (Å²) in [6.07, 6.45) is 0. The van der Waals surface area contributed by atoms with Crippen molar-refractivity contribution in [2.75, 3.05) is 14.2 Å². The third-order valence-corrected chi connectivity index (χ3v) is 3.94. The molecule has 0 unspecified atom stereocenters. The second-order valence-corrected chi connectivity index (χ2v) is 5.99. The summed E-state index contributed by atoms with van der Waals surface area (Å²) in [5.74, 6) is -0.923. The van der Waals surface area contributed by atoms with Crippen LogP contribution >= 0.6 is 11.6 Å². The van der Waals surface area contributed by atoms with Gasteiger partial charge in [-0.3, -0.25) is 4.79 Å². The highest BCUT2D eigenvalue weighted by atomic mass is 35.5. The number of halogens is 1. The van der Waals surface area contributed by atoms with E-state index >= 15 is 0 Å². The van der Waals surface area contributed by atoms with Crippen LogP contribution in [0.15, 0.2) is 58.8 Å². The predicted octanol–water partition coefficient (Wildman–Crippen LogP) is 3.64. The molecule has 2 aromatic carbocycles. The molecule has 0 aliphatic carbocycles. The first-order valence-electron chi connectivity index (χ1n) is 8.22. The lowest BCUT2D eigenvalue weighted by atomic mass is 10.0. The van der Waals surface area contributed by atoms with Gasteiger partial charge in [-0.1, -0.05) is 46.2 Å². The quantitative estimate of drug-likeness (QED) is 0.291. The molecule has 0 aromatic heterocycles. The maximum Gasteiger partial charge on any atom is 0.360 e. The molecule has 8 heteroatoms. The summed E-state index contributed by atoms with van der Waals surface area (Å²) < 4.78 is 4.73. The standard InChI is InChI=1S/C20H19ClN2O5/c1-13(19(24)14-8-10-16(21)11-9-14)22-28-12-15-6-4-5-7-17(15)18(23-27-3)20(25)26-2/h4-11H,12H2,1-3H3. The normalized spacial score (nSPS) is 11.7. The molecule has 0 aliphatic rings. The Labute approximate surface area is 167 Å². The SMILES string of the molecule is CON=C(C(=O)OC)c1ccccc1CON=C(C)C(=O)c1ccc(Cl)cc1. The number of rotatable bonds is 8. The van der Waals surface area contributed by atoms with Gasteiger partial charge in [-0.15, -0.1) is 0 Å². The molecular formula is C20H19ClN2O5. The molecule has 0 aliphatic heterocycles. The summed E-state index contributed by atoms with van der Waals surface area (Å²) in [4.78, 5) is 34.3. The van der Waals surface area contributed by atoms with Crippen molar-refractivity contribution in [2.45, 2.75) is 13.5 Å². The second kappa shape index (κ2) is 10.2. The first-order valence-corrected chi connectivity index (χ1v) is 8.60. The minimum atomic E-state index is -0.646. The van der Waals surface area contributed by atoms with Crippen LogP contribution in [0.1, 0.15) is 28.4 Å². The molecule has 28 heavy (non-hydrogen) atoms. The molecule has 2 rings (SSSR count). The Bertz CT molecular complexity index is 907. The van der Waals surface area contributed by atoms with Crippen LogP contribution in [0.4, 0.5) is 0 Å². The van der Waals surface area contributed by atoms with Crippen LogP contribution in [0, 0.1) is 0 Å². The number of carbonyl (C=O) groups excluding carboxylic acids is 2. The number of carbonyl (C=O) groups is 2. The fraction of sp³-hybridized carbons (Fsp3) is 0.200. The van der Waals surface area contributed by atoms with Gasteiger partial charge in [0.1, 0.15) is 19.4 Å². The van der Waals surface area contributed by atoms with Gasteiger partial charge in [0.15, 0.2) is 5.71 Å². The van der Waals surface area contributed by atoms with Crippen molar-refractivity contribution in [1.29, 1.82) is 0 Å². The van der Waals surface area contributed by atoms with E-state index in [1.807, 2.05) is 0 Å². The van der Waals surface area contributed by atoms with Gasteiger partial charge in [0.05, 0.1) is 7.11 Å². The number of hydrogen-bond donors (Lipinski definition) is 0. The largest absolute Gasteiger partial charge is 0.464 e. The number of Topliss-reactive ketones (excluding diaryl/α,β-unsaturated/α-hetero) is 1. The van der Waals surface area contributed by atoms with Crippen LogP contribution in [-0.2, 0) is 25.8 Å². The van der Waals surface area contributed by atoms with Gasteiger partial charge in [-0.2, -0.15) is 0 Å². The van der Waals surface area contributed by atoms with E-state index in [0.717, 1.165) is 0 Å². The summed E-state index contributed by atoms with van der Waals surface area (Å²) in [6, 6.07) is 13.4. The summed E-state index contributed by atoms with van der Waals surface area (Å²) in [7, 11) is 2.58. The van der Waals surface area contributed by atoms with Crippen molar-refractivity contribution in [3.8, 4) is 0 Å². The molecule has 0 fully saturated rings. The number of nitrogens with zero attached hydrogens (tertiary/aromatic N) is 2. The highest BCUT2D eigenvalue weighted by Crippen LogP contribution is 2.14. The van der Waals surface area contributed by atoms with Gasteiger partial charge in [0, 0.05) is 21.7 Å². The topological polar surface area (TPSA) is 86.6 Å². The molecule has 0 saturated heterocycles. The summed E-state index contributed by atoms with van der Waals surface area (Å²) >= 11 is 5.83. The average molecular weight is 403 g/mol. The van der Waals surface area contributed by atoms with Crippen molar-refractivity contribution in [3.05, 3.63) is 70.2 Å². The number of oxime groups is 2. The number of methoxy groups -OCH3 is 1. The van der Waals surface area contributed by atoms with E-state index in [0.29, 0.717) is 21.7 Å². The lowest BCUT2D eigenvalue weighted by Gasteiger charge is -2.09. The molecule has 0 heterocycles. The van der Waals surface area contributed by atoms with Gasteiger partial charge in [0.2, 0.25) is 5.78 Å². The summed E-state index contributed by atoms with van der Waals surface area (Å²) in [5.41, 5.74) is 1.74. The molecule has 7 nitrogen and oxygen atoms in total. The van der Waals surface area contributed by atoms with Crippen LogP contribution in [-0.4, -0.2) is 37.4 Å². The van der Waals surface area contributed by atoms with E-state index < -0.39 is 5.97 Å². The van der Waals surface area contributed by atoms with Crippen LogP contribution in [0.2, 0.25) is 5.02 Å². The molecule has 0 N–H and O–H groups in total. The summed E-state index contributed by atoms with van der Waals surface area (Å²) in [5, 5.41) is 8.15. The van der Waals surface area contributed by atoms with Gasteiger partial charge in [-0.25, -0.2) is 4.79 Å². The molecule has 2 aromatic rings. The first kappa shape index (κ1) is 21.1. The minimum Gasteiger partial charge on any atom is -0.464 e. The second-order valence-electron chi connectivity index (χ2n) is 5.56. The smallest absolute Gasteiger partial charge is 0.360 e. The Morgan fingerprint density at radius 1 is 1.00 bits per heavy atom. The highest BCUT2D eigenvalue weighted by Gasteiger charge is 2.19. The molecule has 0 radical (unpaired) electrons. The molecule has 0 atom stereocenters. The third-order valence-electron chi connectivity index (χ3n) is 3.69. The number of ketones is 1. The van der Waals surface area contributed by atoms with Gasteiger partial charge in [-0.05, 0) is 31.2 Å². The molecule has 0 saturated carbocycles. The molecule has 0 amide bonds. The van der Waals surface area contributed by atoms with Crippen LogP contribution in [0.3, 0.4) is 0 Å². The predicted molar refractivity (Wildman–Crippen MR) is 106 cm³/mol. The zero-order valence-electron chi connectivity index (χ0n) is 15.6. The Morgan fingerprint density at radius 2 is 1.68 bits per heavy atom. The molecule has 0 bridgehead atoms. The van der Waals surface area contributed by atoms with E-state index in [2.05, 4.69) is 10.3 Å². The zero-order valence-corrected chi connectivity index (χ0v) is 16.4. The van der Waals surface area contributed by atoms with Crippen molar-refractivity contribution >= 4 is 34.8 Å². The van der Waals surface area contributed by atoms with Gasteiger partial charge in [0.25, 0.3) is 0 Å². The van der Waals surface area contributed by atoms with Crippen molar-refractivity contribution in [3.63, 3.8) is 0 Å². The number of ether oxygens (including phenoxy) is 1. The Hall–Kier alpha value is -3.19. The number of hydrogen-bond acceptors (Lipinski definition) is 7. The average Bonchev–Trinajstić information content (AvgIpc) is 2.72. The number of benzene rings is 2. The van der Waals surface area contributed by atoms with Gasteiger partial charge >= 0.3 is 5.97 Å². The van der Waals surface area contributed by atoms with Crippen LogP contribution < -0.4 is 0 Å². The zero-order chi connectivity index (χ0) is 20.5. The maximum absolute atomic E-state index is 12.3. The fourth-order valence-electron chi connectivity index (χ4n) is 2.31. The van der Waals surface area contributed by atoms with Crippen LogP contribution in [0.25, 0.3) is 0 Å². The van der Waals surface area contributed by atoms with Crippen molar-refractivity contribution in [2.24, 2.45) is 10.3 Å². The minimum absolute atomic E-state index is 0.00198. The van der Waals surface area contributed by atoms with Crippen molar-refractivity contribution in [1.82, 2.24) is 0 Å². The van der Waals surface area contributed by atoms with E-state index in [4.69, 9.17) is 26.0 Å².